The summed E-state index contributed by atoms with van der Waals surface area (Å²) in [5.74, 6) is 0.892. The molecular weight excluding hydrogens is 236 g/mol. The largest absolute Gasteiger partial charge is 0.465 e. The Bertz CT molecular complexity index is 383. The number of rotatable bonds is 2. The Kier molecular flexibility index (Phi) is 3.81. The molecule has 1 unspecified atom stereocenters. The van der Waals surface area contributed by atoms with Crippen LogP contribution in [0.2, 0.25) is 0 Å². The van der Waals surface area contributed by atoms with Gasteiger partial charge in [0.15, 0.2) is 0 Å². The number of ether oxygens (including phenoxy) is 1. The summed E-state index contributed by atoms with van der Waals surface area (Å²) in [7, 11) is 0. The molecule has 0 aliphatic heterocycles. The van der Waals surface area contributed by atoms with Crippen LogP contribution in [0.25, 0.3) is 0 Å². The van der Waals surface area contributed by atoms with E-state index in [1.54, 1.807) is 0 Å². The van der Waals surface area contributed by atoms with Gasteiger partial charge in [0.2, 0.25) is 0 Å². The Labute approximate surface area is 117 Å². The third-order valence-electron chi connectivity index (χ3n) is 5.77. The van der Waals surface area contributed by atoms with Gasteiger partial charge in [0.05, 0.1) is 6.61 Å². The number of hydrogen-bond acceptors (Lipinski definition) is 2. The van der Waals surface area contributed by atoms with Gasteiger partial charge in [-0.25, -0.2) is 0 Å². The van der Waals surface area contributed by atoms with Crippen LogP contribution < -0.4 is 0 Å². The van der Waals surface area contributed by atoms with Crippen molar-refractivity contribution in [2.45, 2.75) is 59.8 Å². The molecule has 2 saturated carbocycles. The van der Waals surface area contributed by atoms with Crippen LogP contribution in [0.4, 0.5) is 0 Å². The van der Waals surface area contributed by atoms with Crippen LogP contribution in [0.15, 0.2) is 12.2 Å². The fourth-order valence-electron chi connectivity index (χ4n) is 4.78. The van der Waals surface area contributed by atoms with E-state index in [0.717, 1.165) is 12.3 Å². The molecule has 3 atom stereocenters. The molecule has 0 spiro atoms. The molecule has 0 amide bonds. The van der Waals surface area contributed by atoms with Gasteiger partial charge in [0.25, 0.3) is 0 Å². The Hall–Kier alpha value is -0.790. The van der Waals surface area contributed by atoms with Crippen LogP contribution in [0.1, 0.15) is 59.8 Å². The minimum absolute atomic E-state index is 0.173. The number of esters is 1. The number of carbonyl (C=O) groups is 1. The van der Waals surface area contributed by atoms with Crippen LogP contribution in [-0.2, 0) is 9.53 Å². The lowest BCUT2D eigenvalue weighted by Crippen LogP contribution is -2.50. The van der Waals surface area contributed by atoms with E-state index in [0.29, 0.717) is 17.9 Å². The lowest BCUT2D eigenvalue weighted by Gasteiger charge is -2.57. The standard InChI is InChI=1S/C17H28O2/c1-12-7-8-15-16(3,4)9-6-10-17(15,5)14(12)11-19-13(2)18/h14-15H,1,6-11H2,2-5H3/t14-,15?,17+/m0/s1. The molecule has 19 heavy (non-hydrogen) atoms. The molecule has 2 heteroatoms. The van der Waals surface area contributed by atoms with Crippen molar-refractivity contribution in [1.29, 1.82) is 0 Å². The van der Waals surface area contributed by atoms with E-state index < -0.39 is 0 Å². The summed E-state index contributed by atoms with van der Waals surface area (Å²) < 4.78 is 5.33. The first kappa shape index (κ1) is 14.6. The first-order chi connectivity index (χ1) is 8.77. The van der Waals surface area contributed by atoms with Gasteiger partial charge in [0.1, 0.15) is 0 Å². The maximum atomic E-state index is 11.1. The highest BCUT2D eigenvalue weighted by Crippen LogP contribution is 2.60. The molecule has 2 aliphatic carbocycles. The molecule has 0 aromatic rings. The van der Waals surface area contributed by atoms with E-state index >= 15 is 0 Å². The summed E-state index contributed by atoms with van der Waals surface area (Å²) in [6, 6.07) is 0. The van der Waals surface area contributed by atoms with Crippen molar-refractivity contribution in [2.75, 3.05) is 6.61 Å². The second-order valence-electron chi connectivity index (χ2n) is 7.45. The molecule has 0 aromatic carbocycles. The summed E-state index contributed by atoms with van der Waals surface area (Å²) >= 11 is 0. The first-order valence-electron chi connectivity index (χ1n) is 7.58. The predicted octanol–water partition coefficient (Wildman–Crippen LogP) is 4.35. The van der Waals surface area contributed by atoms with Crippen molar-refractivity contribution in [2.24, 2.45) is 22.7 Å². The fraction of sp³-hybridized carbons (Fsp3) is 0.824. The quantitative estimate of drug-likeness (QED) is 0.547. The van der Waals surface area contributed by atoms with Gasteiger partial charge in [-0.05, 0) is 42.4 Å². The Balaban J connectivity index is 2.24. The summed E-state index contributed by atoms with van der Waals surface area (Å²) in [6.45, 7) is 13.5. The highest BCUT2D eigenvalue weighted by molar-refractivity contribution is 5.65. The maximum absolute atomic E-state index is 11.1. The van der Waals surface area contributed by atoms with Gasteiger partial charge in [-0.2, -0.15) is 0 Å². The molecule has 2 aliphatic rings. The zero-order valence-electron chi connectivity index (χ0n) is 12.9. The summed E-state index contributed by atoms with van der Waals surface area (Å²) in [5.41, 5.74) is 1.95. The SMILES string of the molecule is C=C1CCC2C(C)(C)CCC[C@]2(C)[C@H]1COC(C)=O. The molecule has 0 heterocycles. The van der Waals surface area contributed by atoms with Crippen molar-refractivity contribution in [1.82, 2.24) is 0 Å². The minimum atomic E-state index is -0.173. The molecule has 108 valence electrons. The Morgan fingerprint density at radius 2 is 2.05 bits per heavy atom. The zero-order chi connectivity index (χ0) is 14.3. The highest BCUT2D eigenvalue weighted by Gasteiger charge is 2.53. The van der Waals surface area contributed by atoms with E-state index in [1.807, 2.05) is 0 Å². The zero-order valence-corrected chi connectivity index (χ0v) is 12.9. The second-order valence-corrected chi connectivity index (χ2v) is 7.45. The molecule has 0 radical (unpaired) electrons. The van der Waals surface area contributed by atoms with Crippen LogP contribution in [0.3, 0.4) is 0 Å². The lowest BCUT2D eigenvalue weighted by atomic mass is 9.48. The molecule has 2 rings (SSSR count). The van der Waals surface area contributed by atoms with Crippen LogP contribution >= 0.6 is 0 Å². The third kappa shape index (κ3) is 2.59. The van der Waals surface area contributed by atoms with Gasteiger partial charge in [-0.3, -0.25) is 4.79 Å². The van der Waals surface area contributed by atoms with Gasteiger partial charge < -0.3 is 4.74 Å². The summed E-state index contributed by atoms with van der Waals surface area (Å²) in [6.07, 6.45) is 6.18. The number of carbonyl (C=O) groups excluding carboxylic acids is 1. The number of fused-ring (bicyclic) bond motifs is 1. The van der Waals surface area contributed by atoms with Gasteiger partial charge in [-0.1, -0.05) is 39.3 Å². The van der Waals surface area contributed by atoms with Crippen molar-refractivity contribution in [3.63, 3.8) is 0 Å². The molecule has 0 N–H and O–H groups in total. The average molecular weight is 264 g/mol. The molecule has 0 bridgehead atoms. The summed E-state index contributed by atoms with van der Waals surface area (Å²) in [4.78, 5) is 11.1. The van der Waals surface area contributed by atoms with Gasteiger partial charge >= 0.3 is 5.97 Å². The van der Waals surface area contributed by atoms with Crippen LogP contribution in [0, 0.1) is 22.7 Å². The smallest absolute Gasteiger partial charge is 0.302 e. The minimum Gasteiger partial charge on any atom is -0.465 e. The molecule has 2 fully saturated rings. The van der Waals surface area contributed by atoms with Crippen molar-refractivity contribution in [3.8, 4) is 0 Å². The van der Waals surface area contributed by atoms with E-state index in [4.69, 9.17) is 4.74 Å². The predicted molar refractivity (Wildman–Crippen MR) is 77.7 cm³/mol. The first-order valence-corrected chi connectivity index (χ1v) is 7.58. The fourth-order valence-corrected chi connectivity index (χ4v) is 4.78. The molecule has 2 nitrogen and oxygen atoms in total. The topological polar surface area (TPSA) is 26.3 Å². The van der Waals surface area contributed by atoms with Crippen LogP contribution in [-0.4, -0.2) is 12.6 Å². The van der Waals surface area contributed by atoms with Crippen molar-refractivity contribution >= 4 is 5.97 Å². The molecule has 0 aromatic heterocycles. The van der Waals surface area contributed by atoms with Crippen molar-refractivity contribution in [3.05, 3.63) is 12.2 Å². The Morgan fingerprint density at radius 1 is 1.37 bits per heavy atom. The van der Waals surface area contributed by atoms with Crippen LogP contribution in [0.5, 0.6) is 0 Å². The van der Waals surface area contributed by atoms with E-state index in [9.17, 15) is 4.79 Å². The maximum Gasteiger partial charge on any atom is 0.302 e. The van der Waals surface area contributed by atoms with E-state index in [2.05, 4.69) is 27.4 Å². The highest BCUT2D eigenvalue weighted by atomic mass is 16.5. The third-order valence-corrected chi connectivity index (χ3v) is 5.77. The average Bonchev–Trinajstić information content (AvgIpc) is 2.26. The normalized spacial score (nSPS) is 37.6. The lowest BCUT2D eigenvalue weighted by molar-refractivity contribution is -0.146. The summed E-state index contributed by atoms with van der Waals surface area (Å²) in [5, 5.41) is 0. The second kappa shape index (κ2) is 4.96. The van der Waals surface area contributed by atoms with E-state index in [1.165, 1.54) is 38.2 Å². The van der Waals surface area contributed by atoms with Gasteiger partial charge in [-0.15, -0.1) is 0 Å². The molecular formula is C17H28O2. The van der Waals surface area contributed by atoms with E-state index in [-0.39, 0.29) is 11.4 Å². The Morgan fingerprint density at radius 3 is 2.68 bits per heavy atom. The number of hydrogen-bond donors (Lipinski definition) is 0. The van der Waals surface area contributed by atoms with Gasteiger partial charge in [0, 0.05) is 12.8 Å². The van der Waals surface area contributed by atoms with Crippen molar-refractivity contribution < 1.29 is 9.53 Å². The molecule has 0 saturated heterocycles. The monoisotopic (exact) mass is 264 g/mol.